The zero-order valence-corrected chi connectivity index (χ0v) is 32.8. The van der Waals surface area contributed by atoms with Gasteiger partial charge in [-0.05, 0) is 66.6 Å². The minimum absolute atomic E-state index is 0. The first-order valence-electron chi connectivity index (χ1n) is 17.8. The first-order chi connectivity index (χ1) is 22.9. The Balaban J connectivity index is 0.0000120. The molecule has 0 radical (unpaired) electrons. The van der Waals surface area contributed by atoms with Gasteiger partial charge in [-0.1, -0.05) is 51.0 Å². The highest BCUT2D eigenvalue weighted by molar-refractivity contribution is 5.77. The lowest BCUT2D eigenvalue weighted by Gasteiger charge is -2.29. The molecule has 0 bridgehead atoms. The lowest BCUT2D eigenvalue weighted by Crippen LogP contribution is -3.00. The minimum Gasteiger partial charge on any atom is -1.00 e. The van der Waals surface area contributed by atoms with Crippen molar-refractivity contribution in [2.75, 3.05) is 80.7 Å². The normalized spacial score (nSPS) is 11.3. The fraction of sp³-hybridized carbons (Fsp3) is 0.550. The maximum atomic E-state index is 12.4. The highest BCUT2D eigenvalue weighted by Crippen LogP contribution is 2.35. The number of benzene rings is 2. The molecule has 2 rings (SSSR count). The van der Waals surface area contributed by atoms with Crippen molar-refractivity contribution in [3.8, 4) is 22.6 Å². The molecular weight excluding hydrogens is 680 g/mol. The van der Waals surface area contributed by atoms with Gasteiger partial charge in [0.05, 0.1) is 54.5 Å². The number of rotatable bonds is 25. The number of unbranched alkanes of at least 4 members (excludes halogenated alkanes) is 2. The van der Waals surface area contributed by atoms with Crippen molar-refractivity contribution in [2.45, 2.75) is 65.2 Å². The number of halogens is 1. The summed E-state index contributed by atoms with van der Waals surface area (Å²) in [5.74, 6) is 1.89. The van der Waals surface area contributed by atoms with Crippen molar-refractivity contribution in [3.63, 3.8) is 0 Å². The Morgan fingerprint density at radius 3 is 1.73 bits per heavy atom. The van der Waals surface area contributed by atoms with E-state index in [-0.39, 0.29) is 28.8 Å². The molecule has 274 valence electrons. The van der Waals surface area contributed by atoms with Crippen molar-refractivity contribution in [1.82, 2.24) is 10.6 Å². The minimum atomic E-state index is 0. The molecule has 49 heavy (non-hydrogen) atoms. The third kappa shape index (κ3) is 17.4. The highest BCUT2D eigenvalue weighted by Gasteiger charge is 2.21. The summed E-state index contributed by atoms with van der Waals surface area (Å²) in [7, 11) is 8.36. The predicted octanol–water partition coefficient (Wildman–Crippen LogP) is 3.34. The average Bonchev–Trinajstić information content (AvgIpc) is 3.02. The molecule has 0 aliphatic rings. The Labute approximate surface area is 307 Å². The summed E-state index contributed by atoms with van der Waals surface area (Å²) >= 11 is 0. The number of nitrogens with zero attached hydrogens (tertiary/aromatic N) is 2. The predicted molar refractivity (Wildman–Crippen MR) is 199 cm³/mol. The third-order valence-corrected chi connectivity index (χ3v) is 8.34. The molecule has 0 heterocycles. The van der Waals surface area contributed by atoms with E-state index in [2.05, 4.69) is 96.2 Å². The van der Waals surface area contributed by atoms with Crippen molar-refractivity contribution in [1.29, 1.82) is 0 Å². The van der Waals surface area contributed by atoms with Crippen molar-refractivity contribution < 1.29 is 45.0 Å². The Kier molecular flexibility index (Phi) is 20.9. The van der Waals surface area contributed by atoms with Gasteiger partial charge in [-0.25, -0.2) is 0 Å². The zero-order valence-electron chi connectivity index (χ0n) is 31.3. The van der Waals surface area contributed by atoms with Gasteiger partial charge in [0.1, 0.15) is 11.5 Å². The maximum Gasteiger partial charge on any atom is 0.275 e. The molecule has 0 aliphatic heterocycles. The lowest BCUT2D eigenvalue weighted by atomic mass is 9.97. The molecule has 2 aromatic rings. The Bertz CT molecular complexity index is 1310. The molecule has 0 saturated heterocycles. The van der Waals surface area contributed by atoms with Crippen molar-refractivity contribution >= 4 is 11.8 Å². The molecular formula is C40H64BrN4O4+. The molecule has 0 atom stereocenters. The van der Waals surface area contributed by atoms with E-state index in [0.29, 0.717) is 41.7 Å². The van der Waals surface area contributed by atoms with E-state index in [9.17, 15) is 9.59 Å². The molecule has 2 aromatic carbocycles. The molecule has 0 saturated carbocycles. The fourth-order valence-corrected chi connectivity index (χ4v) is 5.63. The van der Waals surface area contributed by atoms with Crippen LogP contribution in [0.15, 0.2) is 61.7 Å². The van der Waals surface area contributed by atoms with Crippen LogP contribution in [0.1, 0.15) is 63.5 Å². The van der Waals surface area contributed by atoms with E-state index < -0.39 is 0 Å². The van der Waals surface area contributed by atoms with Crippen LogP contribution in [-0.4, -0.2) is 101 Å². The number of amides is 2. The van der Waals surface area contributed by atoms with Crippen LogP contribution >= 0.6 is 0 Å². The maximum absolute atomic E-state index is 12.4. The number of ether oxygens (including phenoxy) is 2. The third-order valence-electron chi connectivity index (χ3n) is 8.34. The average molecular weight is 745 g/mol. The number of nitrogens with one attached hydrogen (secondary N) is 2. The van der Waals surface area contributed by atoms with Gasteiger partial charge in [0.2, 0.25) is 0 Å². The molecule has 2 N–H and O–H groups in total. The van der Waals surface area contributed by atoms with Gasteiger partial charge < -0.3 is 46.1 Å². The second-order valence-electron chi connectivity index (χ2n) is 14.1. The van der Waals surface area contributed by atoms with Crippen LogP contribution < -0.4 is 37.1 Å². The Morgan fingerprint density at radius 1 is 0.714 bits per heavy atom. The van der Waals surface area contributed by atoms with E-state index in [4.69, 9.17) is 9.47 Å². The SMILES string of the molecule is C=CCc1ccc(OCCC[N+](C)(C)CC(=O)NCCCC)c(-c2ccc(OCCC[N+](C)(C)CC(=O)NCCCC)c(CC=C)c2)c1.[Br-]. The Hall–Kier alpha value is -3.14. The van der Waals surface area contributed by atoms with Crippen LogP contribution in [0.3, 0.4) is 0 Å². The van der Waals surface area contributed by atoms with Crippen LogP contribution in [0.4, 0.5) is 0 Å². The smallest absolute Gasteiger partial charge is 0.275 e. The molecule has 0 fully saturated rings. The van der Waals surface area contributed by atoms with Crippen LogP contribution in [0.5, 0.6) is 11.5 Å². The summed E-state index contributed by atoms with van der Waals surface area (Å²) < 4.78 is 13.9. The molecule has 0 unspecified atom stereocenters. The largest absolute Gasteiger partial charge is 1.00 e. The summed E-state index contributed by atoms with van der Waals surface area (Å²) in [6, 6.07) is 12.7. The second kappa shape index (κ2) is 23.3. The number of quaternary nitrogens is 2. The summed E-state index contributed by atoms with van der Waals surface area (Å²) in [6.07, 6.45) is 11.1. The van der Waals surface area contributed by atoms with Gasteiger partial charge in [-0.2, -0.15) is 0 Å². The summed E-state index contributed by atoms with van der Waals surface area (Å²) in [6.45, 7) is 17.4. The molecule has 2 amide bonds. The Morgan fingerprint density at radius 2 is 1.22 bits per heavy atom. The van der Waals surface area contributed by atoms with Gasteiger partial charge >= 0.3 is 0 Å². The van der Waals surface area contributed by atoms with Crippen molar-refractivity contribution in [3.05, 3.63) is 72.8 Å². The van der Waals surface area contributed by atoms with E-state index in [1.54, 1.807) is 0 Å². The molecule has 0 aliphatic carbocycles. The van der Waals surface area contributed by atoms with Gasteiger partial charge in [0.15, 0.2) is 13.1 Å². The molecule has 9 heteroatoms. The van der Waals surface area contributed by atoms with Gasteiger partial charge in [-0.15, -0.1) is 13.2 Å². The van der Waals surface area contributed by atoms with Gasteiger partial charge in [0.25, 0.3) is 11.8 Å². The van der Waals surface area contributed by atoms with Crippen molar-refractivity contribution in [2.24, 2.45) is 0 Å². The number of carbonyl (C=O) groups excluding carboxylic acids is 2. The fourth-order valence-electron chi connectivity index (χ4n) is 5.63. The highest BCUT2D eigenvalue weighted by atomic mass is 79.9. The zero-order chi connectivity index (χ0) is 35.4. The summed E-state index contributed by atoms with van der Waals surface area (Å²) in [5.41, 5.74) is 4.34. The number of hydrogen-bond acceptors (Lipinski definition) is 4. The first kappa shape index (κ1) is 43.9. The standard InChI is InChI=1S/C40H62N4O4.BrH/c1-9-13-23-41-39(45)31-43(5,6)25-15-27-47-37-22-20-34(30-35(37)18-12-4)36-29-33(17-11-3)19-21-38(36)48-28-16-26-44(7,8)32-40(46)42-24-14-10-2;/h11-12,19-22,29-30H,3-4,9-10,13-18,23-28,31-32H2,1-2,5-8H3;1H/p+1. The number of carbonyl (C=O) groups is 2. The van der Waals surface area contributed by atoms with Gasteiger partial charge in [0, 0.05) is 31.5 Å². The van der Waals surface area contributed by atoms with Gasteiger partial charge in [-0.3, -0.25) is 9.59 Å². The summed E-state index contributed by atoms with van der Waals surface area (Å²) in [4.78, 5) is 24.7. The number of hydrogen-bond donors (Lipinski definition) is 2. The monoisotopic (exact) mass is 743 g/mol. The second-order valence-corrected chi connectivity index (χ2v) is 14.1. The molecule has 8 nitrogen and oxygen atoms in total. The summed E-state index contributed by atoms with van der Waals surface area (Å²) in [5, 5.41) is 6.05. The van der Waals surface area contributed by atoms with Crippen LogP contribution in [0.25, 0.3) is 11.1 Å². The molecule has 0 spiro atoms. The van der Waals surface area contributed by atoms with Crippen LogP contribution in [0.2, 0.25) is 0 Å². The van der Waals surface area contributed by atoms with E-state index in [1.807, 2.05) is 18.2 Å². The van der Waals surface area contributed by atoms with Crippen LogP contribution in [-0.2, 0) is 22.4 Å². The lowest BCUT2D eigenvalue weighted by molar-refractivity contribution is -0.882. The first-order valence-corrected chi connectivity index (χ1v) is 17.8. The number of likely N-dealkylation sites (N-methyl/N-ethyl adjacent to an activating group) is 2. The topological polar surface area (TPSA) is 76.7 Å². The van der Waals surface area contributed by atoms with Crippen LogP contribution in [0, 0.1) is 0 Å². The van der Waals surface area contributed by atoms with E-state index in [0.717, 1.165) is 99.3 Å². The van der Waals surface area contributed by atoms with E-state index >= 15 is 0 Å². The van der Waals surface area contributed by atoms with E-state index in [1.165, 1.54) is 5.56 Å². The molecule has 0 aromatic heterocycles. The quantitative estimate of drug-likeness (QED) is 0.0931. The number of allylic oxidation sites excluding steroid dienone is 2.